The molecule has 0 atom stereocenters. The maximum absolute atomic E-state index is 11.9. The molecule has 4 heteroatoms. The number of nitrogens with one attached hydrogen (secondary N) is 1. The Morgan fingerprint density at radius 3 is 2.48 bits per heavy atom. The molecule has 0 saturated heterocycles. The van der Waals surface area contributed by atoms with Gasteiger partial charge in [0.2, 0.25) is 5.91 Å². The van der Waals surface area contributed by atoms with Crippen molar-refractivity contribution in [3.63, 3.8) is 0 Å². The molecule has 1 aromatic carbocycles. The molecular weight excluding hydrogens is 308 g/mol. The quantitative estimate of drug-likeness (QED) is 0.781. The summed E-state index contributed by atoms with van der Waals surface area (Å²) >= 11 is 6.05. The number of rotatable bonds is 1. The monoisotopic (exact) mass is 332 g/mol. The van der Waals surface area contributed by atoms with E-state index in [9.17, 15) is 4.79 Å². The molecular formula is C19H25ClN2O. The standard InChI is InChI=1S/C15H15ClN2O.C4H10/c1-9-10(2)15(19)17-5-6-18-13-4-3-12(16)7-11(13)8-14(9)18;1-3-4-2/h3-4,7-8H,5-6H2,1-2H3,(H,17,19);3-4H2,1-2H3/b10-9-;. The van der Waals surface area contributed by atoms with Crippen molar-refractivity contribution in [2.24, 2.45) is 0 Å². The normalized spacial score (nSPS) is 17.7. The van der Waals surface area contributed by atoms with Crippen LogP contribution >= 0.6 is 11.6 Å². The highest BCUT2D eigenvalue weighted by molar-refractivity contribution is 6.31. The van der Waals surface area contributed by atoms with Crippen molar-refractivity contribution >= 4 is 34.0 Å². The molecule has 0 fully saturated rings. The van der Waals surface area contributed by atoms with Gasteiger partial charge in [-0.05, 0) is 43.7 Å². The molecule has 2 aromatic rings. The fourth-order valence-electron chi connectivity index (χ4n) is 2.57. The van der Waals surface area contributed by atoms with E-state index in [0.717, 1.165) is 39.3 Å². The van der Waals surface area contributed by atoms with Crippen LogP contribution in [0.3, 0.4) is 0 Å². The summed E-state index contributed by atoms with van der Waals surface area (Å²) in [5, 5.41) is 4.78. The Labute approximate surface area is 143 Å². The minimum Gasteiger partial charge on any atom is -0.351 e. The SMILES string of the molecule is C/C1=C(\C)c2cc3cc(Cl)ccc3n2CCNC1=O.CCCC. The van der Waals surface area contributed by atoms with Crippen molar-refractivity contribution < 1.29 is 4.79 Å². The number of allylic oxidation sites excluding steroid dienone is 1. The van der Waals surface area contributed by atoms with Crippen LogP contribution in [0.1, 0.15) is 46.2 Å². The third kappa shape index (κ3) is 3.78. The third-order valence-electron chi connectivity index (χ3n) is 4.27. The smallest absolute Gasteiger partial charge is 0.247 e. The maximum atomic E-state index is 11.9. The highest BCUT2D eigenvalue weighted by Gasteiger charge is 2.17. The lowest BCUT2D eigenvalue weighted by atomic mass is 10.1. The van der Waals surface area contributed by atoms with Crippen LogP contribution in [0.4, 0.5) is 0 Å². The molecule has 2 heterocycles. The van der Waals surface area contributed by atoms with Gasteiger partial charge in [0.05, 0.1) is 0 Å². The molecule has 1 aliphatic heterocycles. The van der Waals surface area contributed by atoms with Gasteiger partial charge in [-0.2, -0.15) is 0 Å². The Morgan fingerprint density at radius 2 is 1.83 bits per heavy atom. The van der Waals surface area contributed by atoms with E-state index in [4.69, 9.17) is 11.6 Å². The molecule has 124 valence electrons. The van der Waals surface area contributed by atoms with Gasteiger partial charge >= 0.3 is 0 Å². The molecule has 0 bridgehead atoms. The van der Waals surface area contributed by atoms with E-state index < -0.39 is 0 Å². The number of amides is 1. The van der Waals surface area contributed by atoms with Crippen molar-refractivity contribution in [3.05, 3.63) is 40.6 Å². The summed E-state index contributed by atoms with van der Waals surface area (Å²) in [4.78, 5) is 11.9. The van der Waals surface area contributed by atoms with Crippen LogP contribution in [-0.4, -0.2) is 17.0 Å². The molecule has 1 aromatic heterocycles. The molecule has 3 rings (SSSR count). The first-order chi connectivity index (χ1) is 11.0. The van der Waals surface area contributed by atoms with Crippen molar-refractivity contribution in [3.8, 4) is 0 Å². The lowest BCUT2D eigenvalue weighted by Gasteiger charge is -2.17. The zero-order chi connectivity index (χ0) is 17.0. The highest BCUT2D eigenvalue weighted by Crippen LogP contribution is 2.29. The van der Waals surface area contributed by atoms with Crippen molar-refractivity contribution in [2.75, 3.05) is 6.54 Å². The van der Waals surface area contributed by atoms with Gasteiger partial charge < -0.3 is 9.88 Å². The van der Waals surface area contributed by atoms with Gasteiger partial charge in [-0.15, -0.1) is 0 Å². The van der Waals surface area contributed by atoms with Crippen molar-refractivity contribution in [1.29, 1.82) is 0 Å². The van der Waals surface area contributed by atoms with Crippen LogP contribution in [0.5, 0.6) is 0 Å². The minimum absolute atomic E-state index is 0.0204. The Bertz CT molecular complexity index is 741. The molecule has 23 heavy (non-hydrogen) atoms. The van der Waals surface area contributed by atoms with Gasteiger partial charge in [-0.25, -0.2) is 0 Å². The van der Waals surface area contributed by atoms with Gasteiger partial charge in [0.25, 0.3) is 0 Å². The van der Waals surface area contributed by atoms with Crippen molar-refractivity contribution in [2.45, 2.75) is 47.1 Å². The fraction of sp³-hybridized carbons (Fsp3) is 0.421. The second-order valence-corrected chi connectivity index (χ2v) is 6.33. The molecule has 1 aliphatic rings. The van der Waals surface area contributed by atoms with Crippen LogP contribution < -0.4 is 5.32 Å². The predicted octanol–water partition coefficient (Wildman–Crippen LogP) is 5.02. The first-order valence-corrected chi connectivity index (χ1v) is 8.62. The van der Waals surface area contributed by atoms with Gasteiger partial charge in [0.15, 0.2) is 0 Å². The zero-order valence-electron chi connectivity index (χ0n) is 14.4. The van der Waals surface area contributed by atoms with Gasteiger partial charge in [-0.3, -0.25) is 4.79 Å². The van der Waals surface area contributed by atoms with E-state index in [1.54, 1.807) is 0 Å². The van der Waals surface area contributed by atoms with Gasteiger partial charge in [0, 0.05) is 40.3 Å². The van der Waals surface area contributed by atoms with E-state index in [0.29, 0.717) is 6.54 Å². The summed E-state index contributed by atoms with van der Waals surface area (Å²) in [6, 6.07) is 8.01. The third-order valence-corrected chi connectivity index (χ3v) is 4.51. The fourth-order valence-corrected chi connectivity index (χ4v) is 2.75. The van der Waals surface area contributed by atoms with Crippen LogP contribution in [0.2, 0.25) is 5.02 Å². The van der Waals surface area contributed by atoms with E-state index >= 15 is 0 Å². The van der Waals surface area contributed by atoms with E-state index in [1.165, 1.54) is 12.8 Å². The van der Waals surface area contributed by atoms with Crippen LogP contribution in [0.15, 0.2) is 29.8 Å². The largest absolute Gasteiger partial charge is 0.351 e. The molecule has 0 saturated carbocycles. The Hall–Kier alpha value is -1.74. The van der Waals surface area contributed by atoms with Crippen LogP contribution in [0.25, 0.3) is 16.5 Å². The molecule has 0 spiro atoms. The minimum atomic E-state index is 0.0204. The summed E-state index contributed by atoms with van der Waals surface area (Å²) in [5.41, 5.74) is 4.05. The number of halogens is 1. The molecule has 1 amide bonds. The van der Waals surface area contributed by atoms with E-state index in [2.05, 4.69) is 29.8 Å². The number of unbranched alkanes of at least 4 members (excludes halogenated alkanes) is 1. The number of fused-ring (bicyclic) bond motifs is 3. The number of hydrogen-bond acceptors (Lipinski definition) is 1. The zero-order valence-corrected chi connectivity index (χ0v) is 15.1. The maximum Gasteiger partial charge on any atom is 0.247 e. The number of benzene rings is 1. The molecule has 0 unspecified atom stereocenters. The van der Waals surface area contributed by atoms with Crippen LogP contribution in [0, 0.1) is 0 Å². The number of nitrogens with zero attached hydrogens (tertiary/aromatic N) is 1. The lowest BCUT2D eigenvalue weighted by Crippen LogP contribution is -2.30. The second kappa shape index (κ2) is 7.69. The average Bonchev–Trinajstić information content (AvgIpc) is 2.90. The summed E-state index contributed by atoms with van der Waals surface area (Å²) in [7, 11) is 0. The molecule has 0 radical (unpaired) electrons. The van der Waals surface area contributed by atoms with E-state index in [1.807, 2.05) is 32.0 Å². The first-order valence-electron chi connectivity index (χ1n) is 8.24. The Balaban J connectivity index is 0.000000433. The second-order valence-electron chi connectivity index (χ2n) is 5.89. The summed E-state index contributed by atoms with van der Waals surface area (Å²) in [6.45, 7) is 9.64. The van der Waals surface area contributed by atoms with Gasteiger partial charge in [0.1, 0.15) is 0 Å². The number of carbonyl (C=O) groups is 1. The highest BCUT2D eigenvalue weighted by atomic mass is 35.5. The Kier molecular flexibility index (Phi) is 5.89. The molecule has 3 nitrogen and oxygen atoms in total. The molecule has 1 N–H and O–H groups in total. The lowest BCUT2D eigenvalue weighted by molar-refractivity contribution is -0.117. The summed E-state index contributed by atoms with van der Waals surface area (Å²) in [6.07, 6.45) is 2.64. The number of aromatic nitrogens is 1. The average molecular weight is 333 g/mol. The van der Waals surface area contributed by atoms with Gasteiger partial charge in [-0.1, -0.05) is 38.3 Å². The van der Waals surface area contributed by atoms with E-state index in [-0.39, 0.29) is 5.91 Å². The number of carbonyl (C=O) groups excluding carboxylic acids is 1. The number of hydrogen-bond donors (Lipinski definition) is 1. The summed E-state index contributed by atoms with van der Waals surface area (Å²) in [5.74, 6) is 0.0204. The summed E-state index contributed by atoms with van der Waals surface area (Å²) < 4.78 is 2.24. The molecule has 0 aliphatic carbocycles. The van der Waals surface area contributed by atoms with Crippen molar-refractivity contribution in [1.82, 2.24) is 9.88 Å². The predicted molar refractivity (Wildman–Crippen MR) is 98.8 cm³/mol. The first kappa shape index (κ1) is 17.6. The Morgan fingerprint density at radius 1 is 1.13 bits per heavy atom. The topological polar surface area (TPSA) is 34.0 Å². The van der Waals surface area contributed by atoms with Crippen LogP contribution in [-0.2, 0) is 11.3 Å².